The monoisotopic (exact) mass is 936 g/mol. The molecule has 0 aromatic carbocycles. The van der Waals surface area contributed by atoms with E-state index in [0.717, 1.165) is 63.9 Å². The highest BCUT2D eigenvalue weighted by Gasteiger charge is 2.35. The summed E-state index contributed by atoms with van der Waals surface area (Å²) in [5.41, 5.74) is 13.9. The minimum atomic E-state index is -0.586. The maximum absolute atomic E-state index is 12.0. The van der Waals surface area contributed by atoms with Crippen molar-refractivity contribution in [2.75, 3.05) is 53.2 Å². The van der Waals surface area contributed by atoms with Crippen LogP contribution in [0.4, 0.5) is 38.8 Å². The van der Waals surface area contributed by atoms with Gasteiger partial charge in [-0.2, -0.15) is 25.3 Å². The zero-order chi connectivity index (χ0) is 45.6. The van der Waals surface area contributed by atoms with Gasteiger partial charge < -0.3 is 47.1 Å². The first-order valence-electron chi connectivity index (χ1n) is 18.8. The molecule has 2 fully saturated rings. The molecule has 334 valence electrons. The van der Waals surface area contributed by atoms with Gasteiger partial charge in [-0.15, -0.1) is 10.2 Å². The van der Waals surface area contributed by atoms with Crippen LogP contribution in [0.2, 0.25) is 5.28 Å². The van der Waals surface area contributed by atoms with Crippen molar-refractivity contribution in [2.24, 2.45) is 0 Å². The van der Waals surface area contributed by atoms with Gasteiger partial charge in [0.1, 0.15) is 39.5 Å². The molecular weight excluding hydrogens is 884 g/mol. The molecule has 4 aromatic heterocycles. The molecular formula is C35H54BrClN18O6. The lowest BCUT2D eigenvalue weighted by Gasteiger charge is -2.40. The third kappa shape index (κ3) is 18.4. The third-order valence-corrected chi connectivity index (χ3v) is 9.16. The fraction of sp³-hybridized carbons (Fsp3) is 0.571. The summed E-state index contributed by atoms with van der Waals surface area (Å²) in [5, 5.41) is 25.8. The number of aromatic amines is 2. The molecule has 2 amide bonds. The summed E-state index contributed by atoms with van der Waals surface area (Å²) >= 11 is 8.52. The van der Waals surface area contributed by atoms with Crippen molar-refractivity contribution in [3.8, 4) is 0 Å². The van der Waals surface area contributed by atoms with Crippen molar-refractivity contribution < 1.29 is 19.1 Å². The summed E-state index contributed by atoms with van der Waals surface area (Å²) in [6, 6.07) is 0. The van der Waals surface area contributed by atoms with Gasteiger partial charge in [-0.25, -0.2) is 29.5 Å². The Morgan fingerprint density at radius 3 is 1.66 bits per heavy atom. The lowest BCUT2D eigenvalue weighted by Crippen LogP contribution is -2.54. The van der Waals surface area contributed by atoms with Gasteiger partial charge in [-0.3, -0.25) is 9.78 Å². The van der Waals surface area contributed by atoms with Crippen LogP contribution >= 0.6 is 27.5 Å². The van der Waals surface area contributed by atoms with Gasteiger partial charge in [0.15, 0.2) is 5.82 Å². The van der Waals surface area contributed by atoms with Crippen LogP contribution in [0.25, 0.3) is 0 Å². The molecule has 4 aromatic rings. The topological polar surface area (TPSA) is 343 Å². The highest BCUT2D eigenvalue weighted by atomic mass is 79.9. The van der Waals surface area contributed by atoms with Crippen LogP contribution in [0.1, 0.15) is 81.1 Å². The molecule has 0 unspecified atom stereocenters. The first-order valence-corrected chi connectivity index (χ1v) is 20.0. The Hall–Kier alpha value is -5.98. The van der Waals surface area contributed by atoms with E-state index < -0.39 is 22.5 Å². The Labute approximate surface area is 365 Å². The Bertz CT molecular complexity index is 2120. The second-order valence-corrected chi connectivity index (χ2v) is 17.4. The van der Waals surface area contributed by atoms with E-state index >= 15 is 0 Å². The van der Waals surface area contributed by atoms with Crippen LogP contribution in [-0.2, 0) is 9.47 Å². The molecule has 61 heavy (non-hydrogen) atoms. The standard InChI is InChI=1S/C15H24BrN5O2.C14H24N6O2.C3H3ClN4.C3H3N3O2/c1-14(2,3)23-13(22)20-15(4)5-7-21(8-6-15)10-9-18-11(16)12(17)19-10;1-13(2,3)22-12(21)18-14(4)5-7-20(8-6-14)11-17-10(15)9-16-19-11;4-3-7-2(5)1-6-8-3;7-2-1-4-6-3(8)5-2/h9H,5-8H2,1-4H3,(H2,17,19)(H,20,22);9H,5-8H2,1-4H3,(H,18,21)(H2,15,17,19);1H,(H2,5,7,8);1H,(H2,5,6,7,8). The predicted octanol–water partition coefficient (Wildman–Crippen LogP) is 2.61. The smallest absolute Gasteiger partial charge is 0.408 e. The van der Waals surface area contributed by atoms with Crippen molar-refractivity contribution >= 4 is 68.9 Å². The number of ether oxygens (including phenoxy) is 2. The zero-order valence-electron chi connectivity index (χ0n) is 35.3. The highest BCUT2D eigenvalue weighted by molar-refractivity contribution is 9.10. The molecule has 2 aliphatic rings. The van der Waals surface area contributed by atoms with Crippen molar-refractivity contribution in [3.63, 3.8) is 0 Å². The number of carbonyl (C=O) groups is 2. The van der Waals surface area contributed by atoms with Crippen molar-refractivity contribution in [3.05, 3.63) is 55.5 Å². The number of H-pyrrole nitrogens is 2. The van der Waals surface area contributed by atoms with Gasteiger partial charge >= 0.3 is 17.9 Å². The second kappa shape index (κ2) is 21.5. The van der Waals surface area contributed by atoms with E-state index in [-0.39, 0.29) is 34.4 Å². The lowest BCUT2D eigenvalue weighted by molar-refractivity contribution is 0.0435. The van der Waals surface area contributed by atoms with Gasteiger partial charge in [0, 0.05) is 37.3 Å². The number of carbonyl (C=O) groups excluding carboxylic acids is 2. The van der Waals surface area contributed by atoms with Gasteiger partial charge in [-0.1, -0.05) is 0 Å². The average molecular weight is 938 g/mol. The SMILES string of the molecule is CC1(NC(=O)OC(C)(C)C)CCN(c2cnc(Br)c(N)n2)CC1.CC1(NC(=O)OC(C)(C)C)CCN(c2nncc(N)n2)CC1.Nc1cnnc(Cl)n1.O=c1cn[nH]c(=O)[nH]1. The molecule has 0 spiro atoms. The quantitative estimate of drug-likeness (QED) is 0.155. The predicted molar refractivity (Wildman–Crippen MR) is 232 cm³/mol. The molecule has 10 N–H and O–H groups in total. The van der Waals surface area contributed by atoms with Gasteiger partial charge in [-0.05, 0) is 109 Å². The molecule has 24 nitrogen and oxygen atoms in total. The number of piperidine rings is 2. The molecule has 26 heteroatoms. The number of alkyl carbamates (subject to hydrolysis) is 2. The van der Waals surface area contributed by atoms with E-state index in [1.165, 1.54) is 12.4 Å². The number of amides is 2. The zero-order valence-corrected chi connectivity index (χ0v) is 37.7. The molecule has 6 rings (SSSR count). The van der Waals surface area contributed by atoms with Gasteiger partial charge in [0.2, 0.25) is 11.2 Å². The van der Waals surface area contributed by atoms with Crippen molar-refractivity contribution in [1.82, 2.24) is 66.1 Å². The number of hydrogen-bond acceptors (Lipinski definition) is 20. The largest absolute Gasteiger partial charge is 0.444 e. The van der Waals surface area contributed by atoms with Crippen LogP contribution < -0.4 is 48.9 Å². The number of nitrogen functional groups attached to an aromatic ring is 3. The Balaban J connectivity index is 0.000000240. The third-order valence-electron chi connectivity index (χ3n) is 8.39. The van der Waals surface area contributed by atoms with E-state index in [9.17, 15) is 19.2 Å². The van der Waals surface area contributed by atoms with Crippen LogP contribution in [0.3, 0.4) is 0 Å². The number of hydrogen-bond donors (Lipinski definition) is 7. The van der Waals surface area contributed by atoms with Gasteiger partial charge in [0.05, 0.1) is 18.6 Å². The molecule has 0 aliphatic carbocycles. The van der Waals surface area contributed by atoms with E-state index in [1.54, 1.807) is 6.20 Å². The average Bonchev–Trinajstić information content (AvgIpc) is 3.12. The molecule has 6 heterocycles. The molecule has 0 atom stereocenters. The number of nitrogens with two attached hydrogens (primary N) is 3. The molecule has 0 radical (unpaired) electrons. The number of aromatic nitrogens is 11. The Morgan fingerprint density at radius 2 is 1.26 bits per heavy atom. The van der Waals surface area contributed by atoms with E-state index in [0.29, 0.717) is 22.2 Å². The highest BCUT2D eigenvalue weighted by Crippen LogP contribution is 2.27. The lowest BCUT2D eigenvalue weighted by atomic mass is 9.90. The Kier molecular flexibility index (Phi) is 17.4. The number of halogens is 2. The summed E-state index contributed by atoms with van der Waals surface area (Å²) in [5.74, 6) is 2.29. The van der Waals surface area contributed by atoms with Crippen molar-refractivity contribution in [2.45, 2.75) is 103 Å². The fourth-order valence-corrected chi connectivity index (χ4v) is 5.70. The first kappa shape index (κ1) is 49.4. The van der Waals surface area contributed by atoms with Crippen LogP contribution in [0, 0.1) is 0 Å². The van der Waals surface area contributed by atoms with E-state index in [4.69, 9.17) is 38.3 Å². The van der Waals surface area contributed by atoms with E-state index in [2.05, 4.69) is 76.9 Å². The van der Waals surface area contributed by atoms with Crippen LogP contribution in [0.5, 0.6) is 0 Å². The first-order chi connectivity index (χ1) is 28.3. The number of nitrogens with zero attached hydrogens (tertiary/aromatic N) is 11. The molecule has 2 aliphatic heterocycles. The summed E-state index contributed by atoms with van der Waals surface area (Å²) in [7, 11) is 0. The number of nitrogens with one attached hydrogen (secondary N) is 4. The normalized spacial score (nSPS) is 15.5. The van der Waals surface area contributed by atoms with Crippen LogP contribution in [0.15, 0.2) is 39.0 Å². The van der Waals surface area contributed by atoms with Gasteiger partial charge in [0.25, 0.3) is 5.56 Å². The summed E-state index contributed by atoms with van der Waals surface area (Å²) in [6.45, 7) is 18.1. The summed E-state index contributed by atoms with van der Waals surface area (Å²) < 4.78 is 11.2. The number of anilines is 5. The minimum Gasteiger partial charge on any atom is -0.444 e. The maximum Gasteiger partial charge on any atom is 0.408 e. The summed E-state index contributed by atoms with van der Waals surface area (Å²) in [6.07, 6.45) is 7.80. The second-order valence-electron chi connectivity index (χ2n) is 16.3. The molecule has 2 saturated heterocycles. The van der Waals surface area contributed by atoms with Crippen LogP contribution in [-0.4, -0.2) is 116 Å². The molecule has 0 saturated carbocycles. The summed E-state index contributed by atoms with van der Waals surface area (Å²) in [4.78, 5) is 66.5. The minimum absolute atomic E-state index is 0.0741. The number of rotatable bonds is 4. The van der Waals surface area contributed by atoms with E-state index in [1.807, 2.05) is 70.4 Å². The fourth-order valence-electron chi connectivity index (χ4n) is 5.37. The Morgan fingerprint density at radius 1 is 0.770 bits per heavy atom. The maximum atomic E-state index is 12.0. The molecule has 0 bridgehead atoms. The van der Waals surface area contributed by atoms with Crippen molar-refractivity contribution in [1.29, 1.82) is 0 Å².